The molecule has 4 atom stereocenters. The summed E-state index contributed by atoms with van der Waals surface area (Å²) in [6.07, 6.45) is 1.34. The monoisotopic (exact) mass is 623 g/mol. The summed E-state index contributed by atoms with van der Waals surface area (Å²) in [7, 11) is 1.35. The third-order valence-electron chi connectivity index (χ3n) is 9.23. The second-order valence-electron chi connectivity index (χ2n) is 13.3. The van der Waals surface area contributed by atoms with Crippen LogP contribution in [0.25, 0.3) is 0 Å². The second kappa shape index (κ2) is 12.6. The minimum Gasteiger partial charge on any atom is -0.469 e. The number of esters is 1. The number of anilines is 1. The van der Waals surface area contributed by atoms with Crippen LogP contribution in [0.5, 0.6) is 0 Å². The molecule has 0 radical (unpaired) electrons. The highest BCUT2D eigenvalue weighted by Gasteiger charge is 2.50. The molecule has 240 valence electrons. The van der Waals surface area contributed by atoms with Gasteiger partial charge in [0.05, 0.1) is 25.3 Å². The van der Waals surface area contributed by atoms with E-state index in [1.807, 2.05) is 78.9 Å². The minimum atomic E-state index is -0.875. The number of carbonyl (C=O) groups is 4. The Kier molecular flexibility index (Phi) is 8.59. The van der Waals surface area contributed by atoms with Gasteiger partial charge in [-0.1, -0.05) is 72.8 Å². The van der Waals surface area contributed by atoms with Crippen LogP contribution in [0.4, 0.5) is 10.5 Å². The van der Waals surface area contributed by atoms with Crippen LogP contribution in [0.3, 0.4) is 0 Å². The molecular weight excluding hydrogens is 582 g/mol. The largest absolute Gasteiger partial charge is 0.469 e. The van der Waals surface area contributed by atoms with Gasteiger partial charge in [0.15, 0.2) is 0 Å². The minimum absolute atomic E-state index is 0.0592. The van der Waals surface area contributed by atoms with Crippen LogP contribution in [-0.4, -0.2) is 64.5 Å². The van der Waals surface area contributed by atoms with Gasteiger partial charge in [0.25, 0.3) is 0 Å². The number of ether oxygens (including phenoxy) is 2. The molecule has 3 amide bonds. The average Bonchev–Trinajstić information content (AvgIpc) is 3.66. The average molecular weight is 624 g/mol. The van der Waals surface area contributed by atoms with Gasteiger partial charge < -0.3 is 19.3 Å². The van der Waals surface area contributed by atoms with E-state index in [4.69, 9.17) is 9.47 Å². The zero-order valence-corrected chi connectivity index (χ0v) is 26.8. The number of carbonyl (C=O) groups excluding carboxylic acids is 4. The van der Waals surface area contributed by atoms with Crippen LogP contribution in [0, 0.1) is 0 Å². The molecule has 46 heavy (non-hydrogen) atoms. The molecular formula is C37H41N3O6. The molecule has 0 aromatic heterocycles. The van der Waals surface area contributed by atoms with Crippen molar-refractivity contribution in [3.05, 3.63) is 101 Å². The van der Waals surface area contributed by atoms with Crippen LogP contribution in [0.15, 0.2) is 78.9 Å². The van der Waals surface area contributed by atoms with Crippen molar-refractivity contribution in [3.63, 3.8) is 0 Å². The lowest BCUT2D eigenvalue weighted by atomic mass is 9.91. The molecule has 9 heteroatoms. The summed E-state index contributed by atoms with van der Waals surface area (Å²) in [5.74, 6) is -0.886. The molecule has 3 aliphatic rings. The number of rotatable bonds is 5. The summed E-state index contributed by atoms with van der Waals surface area (Å²) < 4.78 is 10.8. The zero-order valence-electron chi connectivity index (χ0n) is 26.8. The lowest BCUT2D eigenvalue weighted by molar-refractivity contribution is -0.150. The molecule has 0 bridgehead atoms. The Morgan fingerprint density at radius 3 is 2.11 bits per heavy atom. The lowest BCUT2D eigenvalue weighted by Gasteiger charge is -2.41. The molecule has 0 N–H and O–H groups in total. The van der Waals surface area contributed by atoms with E-state index in [-0.39, 0.29) is 30.2 Å². The van der Waals surface area contributed by atoms with Crippen molar-refractivity contribution in [3.8, 4) is 0 Å². The maximum atomic E-state index is 14.9. The van der Waals surface area contributed by atoms with E-state index in [1.165, 1.54) is 12.0 Å². The molecule has 0 unspecified atom stereocenters. The number of nitrogens with zero attached hydrogens (tertiary/aromatic N) is 3. The molecule has 0 saturated carbocycles. The smallest absolute Gasteiger partial charge is 0.415 e. The fraction of sp³-hybridized carbons (Fsp3) is 0.405. The molecule has 0 aliphatic carbocycles. The van der Waals surface area contributed by atoms with Crippen molar-refractivity contribution in [2.45, 2.75) is 89.2 Å². The number of likely N-dealkylation sites (tertiary alicyclic amines) is 1. The van der Waals surface area contributed by atoms with Crippen LogP contribution < -0.4 is 4.90 Å². The van der Waals surface area contributed by atoms with Crippen molar-refractivity contribution in [2.75, 3.05) is 12.0 Å². The van der Waals surface area contributed by atoms with Crippen molar-refractivity contribution >= 4 is 29.6 Å². The van der Waals surface area contributed by atoms with Crippen LogP contribution >= 0.6 is 0 Å². The van der Waals surface area contributed by atoms with E-state index < -0.39 is 29.8 Å². The van der Waals surface area contributed by atoms with Crippen molar-refractivity contribution < 1.29 is 28.7 Å². The summed E-state index contributed by atoms with van der Waals surface area (Å²) in [5.41, 5.74) is 3.80. The number of hydrogen-bond acceptors (Lipinski definition) is 6. The van der Waals surface area contributed by atoms with E-state index in [2.05, 4.69) is 0 Å². The summed E-state index contributed by atoms with van der Waals surface area (Å²) in [5, 5.41) is 0. The number of amides is 3. The Labute approximate surface area is 270 Å². The normalized spacial score (nSPS) is 22.2. The molecule has 0 spiro atoms. The number of methoxy groups -OCH3 is 1. The molecule has 3 aromatic carbocycles. The highest BCUT2D eigenvalue weighted by molar-refractivity contribution is 6.02. The van der Waals surface area contributed by atoms with Crippen molar-refractivity contribution in [1.82, 2.24) is 9.80 Å². The Morgan fingerprint density at radius 2 is 1.41 bits per heavy atom. The van der Waals surface area contributed by atoms with Crippen molar-refractivity contribution in [1.29, 1.82) is 0 Å². The standard InChI is InChI=1S/C37H41N3O6/c1-37(2,3)46-36(44)40-29-17-11-10-15-26(29)21-32(40)35(43)39-30(24-12-6-5-7-13-24)18-19-31(39)34(42)38-23-27-16-9-8-14-25(27)20-28(38)22-33(41)45-4/h5-17,28,30-32H,18-23H2,1-4H3/t28-,30-,31+,32-/m1/s1. The molecule has 9 nitrogen and oxygen atoms in total. The number of para-hydroxylation sites is 1. The molecule has 6 rings (SSSR count). The van der Waals surface area contributed by atoms with Gasteiger partial charge in [-0.15, -0.1) is 0 Å². The number of fused-ring (bicyclic) bond motifs is 2. The molecule has 3 aromatic rings. The van der Waals surface area contributed by atoms with Gasteiger partial charge in [-0.25, -0.2) is 4.79 Å². The lowest BCUT2D eigenvalue weighted by Crippen LogP contribution is -2.57. The second-order valence-corrected chi connectivity index (χ2v) is 13.3. The topological polar surface area (TPSA) is 96.5 Å². The van der Waals surface area contributed by atoms with Gasteiger partial charge in [-0.3, -0.25) is 19.3 Å². The van der Waals surface area contributed by atoms with Gasteiger partial charge in [0, 0.05) is 19.0 Å². The highest BCUT2D eigenvalue weighted by atomic mass is 16.6. The van der Waals surface area contributed by atoms with Crippen LogP contribution in [0.2, 0.25) is 0 Å². The van der Waals surface area contributed by atoms with Gasteiger partial charge in [0.2, 0.25) is 11.8 Å². The third-order valence-corrected chi connectivity index (χ3v) is 9.23. The van der Waals surface area contributed by atoms with Crippen LogP contribution in [-0.2, 0) is 43.2 Å². The quantitative estimate of drug-likeness (QED) is 0.344. The molecule has 3 aliphatic heterocycles. The van der Waals surface area contributed by atoms with E-state index in [0.29, 0.717) is 37.9 Å². The summed E-state index contributed by atoms with van der Waals surface area (Å²) in [4.78, 5) is 60.7. The van der Waals surface area contributed by atoms with Crippen LogP contribution in [0.1, 0.15) is 68.3 Å². The molecule has 3 heterocycles. The van der Waals surface area contributed by atoms with E-state index >= 15 is 0 Å². The maximum absolute atomic E-state index is 14.9. The fourth-order valence-corrected chi connectivity index (χ4v) is 7.15. The Morgan fingerprint density at radius 1 is 0.761 bits per heavy atom. The summed E-state index contributed by atoms with van der Waals surface area (Å²) in [6, 6.07) is 22.7. The molecule has 1 fully saturated rings. The van der Waals surface area contributed by atoms with Gasteiger partial charge in [-0.05, 0) is 68.4 Å². The fourth-order valence-electron chi connectivity index (χ4n) is 7.15. The summed E-state index contributed by atoms with van der Waals surface area (Å²) >= 11 is 0. The summed E-state index contributed by atoms with van der Waals surface area (Å²) in [6.45, 7) is 5.73. The van der Waals surface area contributed by atoms with E-state index in [1.54, 1.807) is 30.6 Å². The predicted molar refractivity (Wildman–Crippen MR) is 173 cm³/mol. The van der Waals surface area contributed by atoms with Gasteiger partial charge >= 0.3 is 12.1 Å². The highest BCUT2D eigenvalue weighted by Crippen LogP contribution is 2.42. The van der Waals surface area contributed by atoms with Gasteiger partial charge in [-0.2, -0.15) is 0 Å². The third kappa shape index (κ3) is 6.10. The Bertz CT molecular complexity index is 1630. The van der Waals surface area contributed by atoms with Crippen molar-refractivity contribution in [2.24, 2.45) is 0 Å². The predicted octanol–water partition coefficient (Wildman–Crippen LogP) is 5.60. The number of hydrogen-bond donors (Lipinski definition) is 0. The first kappa shape index (κ1) is 31.3. The first-order valence-corrected chi connectivity index (χ1v) is 16.0. The first-order chi connectivity index (χ1) is 22.1. The van der Waals surface area contributed by atoms with E-state index in [0.717, 1.165) is 22.3 Å². The van der Waals surface area contributed by atoms with E-state index in [9.17, 15) is 19.2 Å². The SMILES string of the molecule is COC(=O)C[C@H]1Cc2ccccc2CN1C(=O)[C@@H]1CC[C@H](c2ccccc2)N1C(=O)[C@H]1Cc2ccccc2N1C(=O)OC(C)(C)C. The van der Waals surface area contributed by atoms with Gasteiger partial charge in [0.1, 0.15) is 17.7 Å². The molecule has 1 saturated heterocycles. The first-order valence-electron chi connectivity index (χ1n) is 16.0. The Hall–Kier alpha value is -4.66. The number of benzene rings is 3. The Balaban J connectivity index is 1.37. The zero-order chi connectivity index (χ0) is 32.6. The maximum Gasteiger partial charge on any atom is 0.415 e.